The summed E-state index contributed by atoms with van der Waals surface area (Å²) in [6.45, 7) is 11.6. The summed E-state index contributed by atoms with van der Waals surface area (Å²) in [5.74, 6) is 1.07. The number of rotatable bonds is 22. The Morgan fingerprint density at radius 2 is 1.56 bits per heavy atom. The van der Waals surface area contributed by atoms with Crippen LogP contribution >= 0.6 is 0 Å². The van der Waals surface area contributed by atoms with Gasteiger partial charge in [-0.05, 0) is 79.2 Å². The molecule has 8 nitrogen and oxygen atoms in total. The van der Waals surface area contributed by atoms with Crippen LogP contribution in [0.4, 0.5) is 5.82 Å². The first-order valence-electron chi connectivity index (χ1n) is 16.2. The minimum Gasteiger partial charge on any atom is -0.491 e. The van der Waals surface area contributed by atoms with Crippen LogP contribution in [0.25, 0.3) is 0 Å². The third-order valence-electron chi connectivity index (χ3n) is 7.70. The van der Waals surface area contributed by atoms with Crippen LogP contribution < -0.4 is 10.1 Å². The molecule has 2 N–H and O–H groups in total. The van der Waals surface area contributed by atoms with Gasteiger partial charge in [0.05, 0.1) is 39.5 Å². The molecule has 3 rings (SSSR count). The van der Waals surface area contributed by atoms with E-state index in [1.165, 1.54) is 12.0 Å². The second-order valence-corrected chi connectivity index (χ2v) is 12.7. The maximum atomic E-state index is 11.5. The van der Waals surface area contributed by atoms with E-state index in [9.17, 15) is 9.90 Å². The van der Waals surface area contributed by atoms with Gasteiger partial charge in [-0.15, -0.1) is 0 Å². The van der Waals surface area contributed by atoms with Crippen molar-refractivity contribution in [2.24, 2.45) is 5.41 Å². The normalized spacial score (nSPS) is 13.7. The van der Waals surface area contributed by atoms with E-state index in [-0.39, 0.29) is 12.3 Å². The number of nitrogens with one attached hydrogen (secondary N) is 1. The van der Waals surface area contributed by atoms with Crippen LogP contribution in [0, 0.1) is 5.41 Å². The minimum absolute atomic E-state index is 0.00663. The Kier molecular flexibility index (Phi) is 15.8. The van der Waals surface area contributed by atoms with E-state index in [1.54, 1.807) is 0 Å². The number of pyridine rings is 1. The number of hydrogen-bond acceptors (Lipinski definition) is 7. The number of unbranched alkanes of at least 4 members (excludes halogenated alkanes) is 3. The summed E-state index contributed by atoms with van der Waals surface area (Å²) in [6.07, 6.45) is 9.66. The maximum absolute atomic E-state index is 11.5. The van der Waals surface area contributed by atoms with Crippen LogP contribution in [0.3, 0.4) is 0 Å². The lowest BCUT2D eigenvalue weighted by molar-refractivity contribution is -0.137. The molecule has 0 amide bonds. The van der Waals surface area contributed by atoms with Crippen LogP contribution in [-0.4, -0.2) is 68.9 Å². The average molecular weight is 599 g/mol. The van der Waals surface area contributed by atoms with E-state index in [2.05, 4.69) is 38.2 Å². The number of benzene rings is 1. The Hall–Kier alpha value is -2.68. The third kappa shape index (κ3) is 15.1. The summed E-state index contributed by atoms with van der Waals surface area (Å²) in [7, 11) is 0. The average Bonchev–Trinajstić information content (AvgIpc) is 2.98. The number of aryl methyl sites for hydroxylation is 2. The van der Waals surface area contributed by atoms with Gasteiger partial charge >= 0.3 is 5.97 Å². The predicted molar refractivity (Wildman–Crippen MR) is 171 cm³/mol. The summed E-state index contributed by atoms with van der Waals surface area (Å²) in [5, 5.41) is 12.9. The molecular weight excluding hydrogens is 544 g/mol. The van der Waals surface area contributed by atoms with E-state index in [0.29, 0.717) is 45.1 Å². The summed E-state index contributed by atoms with van der Waals surface area (Å²) in [6, 6.07) is 12.2. The molecule has 0 unspecified atom stereocenters. The standard InChI is InChI=1S/C35H54N2O6/c1-35(2,3)18-20-40-21-22-41-23-24-42-25-26-43-32-16-13-28(14-17-32)30(27-33(38)39)9-6-4-5-7-11-31-15-12-29-10-8-19-36-34(29)37-31/h12-17,30H,4-11,18-27H2,1-3H3,(H,36,37)(H,38,39)/t30-/m0/s1. The van der Waals surface area contributed by atoms with Crippen molar-refractivity contribution in [3.63, 3.8) is 0 Å². The molecule has 0 fully saturated rings. The van der Waals surface area contributed by atoms with Crippen molar-refractivity contribution in [1.29, 1.82) is 0 Å². The molecule has 8 heteroatoms. The molecule has 1 aromatic heterocycles. The Morgan fingerprint density at radius 1 is 0.884 bits per heavy atom. The van der Waals surface area contributed by atoms with Gasteiger partial charge in [0, 0.05) is 18.8 Å². The third-order valence-corrected chi connectivity index (χ3v) is 7.70. The molecule has 1 aromatic carbocycles. The summed E-state index contributed by atoms with van der Waals surface area (Å²) in [4.78, 5) is 16.3. The number of carboxylic acids is 1. The number of aromatic nitrogens is 1. The second kappa shape index (κ2) is 19.6. The number of fused-ring (bicyclic) bond motifs is 1. The fourth-order valence-corrected chi connectivity index (χ4v) is 5.13. The molecule has 1 atom stereocenters. The monoisotopic (exact) mass is 598 g/mol. The van der Waals surface area contributed by atoms with Gasteiger partial charge in [-0.25, -0.2) is 4.98 Å². The zero-order valence-electron chi connectivity index (χ0n) is 26.7. The van der Waals surface area contributed by atoms with Crippen LogP contribution in [0.5, 0.6) is 5.75 Å². The highest BCUT2D eigenvalue weighted by Gasteiger charge is 2.16. The molecule has 0 saturated heterocycles. The number of anilines is 1. The highest BCUT2D eigenvalue weighted by molar-refractivity contribution is 5.68. The highest BCUT2D eigenvalue weighted by atomic mass is 16.6. The van der Waals surface area contributed by atoms with Gasteiger partial charge in [-0.2, -0.15) is 0 Å². The predicted octanol–water partition coefficient (Wildman–Crippen LogP) is 7.06. The van der Waals surface area contributed by atoms with Crippen molar-refractivity contribution < 1.29 is 28.8 Å². The van der Waals surface area contributed by atoms with Crippen molar-refractivity contribution in [3.05, 3.63) is 53.2 Å². The van der Waals surface area contributed by atoms with Crippen LogP contribution in [0.15, 0.2) is 36.4 Å². The molecule has 1 aliphatic heterocycles. The van der Waals surface area contributed by atoms with E-state index >= 15 is 0 Å². The number of nitrogens with zero attached hydrogens (tertiary/aromatic N) is 1. The lowest BCUT2D eigenvalue weighted by atomic mass is 9.90. The van der Waals surface area contributed by atoms with Gasteiger partial charge in [0.15, 0.2) is 0 Å². The van der Waals surface area contributed by atoms with Gasteiger partial charge in [-0.1, -0.05) is 58.2 Å². The first-order valence-corrected chi connectivity index (χ1v) is 16.2. The first-order chi connectivity index (χ1) is 20.8. The van der Waals surface area contributed by atoms with Crippen LogP contribution in [-0.2, 0) is 31.8 Å². The largest absolute Gasteiger partial charge is 0.491 e. The van der Waals surface area contributed by atoms with Crippen LogP contribution in [0.1, 0.15) is 94.9 Å². The Labute approximate surface area is 258 Å². The van der Waals surface area contributed by atoms with Gasteiger partial charge < -0.3 is 29.4 Å². The van der Waals surface area contributed by atoms with Crippen molar-refractivity contribution in [3.8, 4) is 5.75 Å². The van der Waals surface area contributed by atoms with Crippen molar-refractivity contribution in [2.45, 2.75) is 90.9 Å². The minimum atomic E-state index is -0.758. The van der Waals surface area contributed by atoms with Gasteiger partial charge in [0.2, 0.25) is 0 Å². The second-order valence-electron chi connectivity index (χ2n) is 12.7. The van der Waals surface area contributed by atoms with E-state index in [1.807, 2.05) is 24.3 Å². The molecule has 240 valence electrons. The van der Waals surface area contributed by atoms with E-state index in [0.717, 1.165) is 87.3 Å². The highest BCUT2D eigenvalue weighted by Crippen LogP contribution is 2.28. The van der Waals surface area contributed by atoms with Crippen molar-refractivity contribution >= 4 is 11.8 Å². The molecule has 2 aromatic rings. The molecule has 0 bridgehead atoms. The van der Waals surface area contributed by atoms with Crippen molar-refractivity contribution in [1.82, 2.24) is 4.98 Å². The maximum Gasteiger partial charge on any atom is 0.303 e. The van der Waals surface area contributed by atoms with Crippen molar-refractivity contribution in [2.75, 3.05) is 58.1 Å². The quantitative estimate of drug-likeness (QED) is 0.139. The summed E-state index contributed by atoms with van der Waals surface area (Å²) in [5.41, 5.74) is 3.83. The topological polar surface area (TPSA) is 99.1 Å². The lowest BCUT2D eigenvalue weighted by Gasteiger charge is -2.17. The van der Waals surface area contributed by atoms with Gasteiger partial charge in [0.1, 0.15) is 18.2 Å². The summed E-state index contributed by atoms with van der Waals surface area (Å²) < 4.78 is 22.5. The molecule has 43 heavy (non-hydrogen) atoms. The molecule has 0 saturated carbocycles. The fourth-order valence-electron chi connectivity index (χ4n) is 5.13. The smallest absolute Gasteiger partial charge is 0.303 e. The SMILES string of the molecule is CC(C)(C)CCOCCOCCOCCOc1ccc([C@@H](CCCCCCc2ccc3c(n2)NCCC3)CC(=O)O)cc1. The molecule has 1 aliphatic rings. The summed E-state index contributed by atoms with van der Waals surface area (Å²) >= 11 is 0. The number of carbonyl (C=O) groups is 1. The molecular formula is C35H54N2O6. The number of ether oxygens (including phenoxy) is 4. The van der Waals surface area contributed by atoms with Gasteiger partial charge in [0.25, 0.3) is 0 Å². The van der Waals surface area contributed by atoms with Gasteiger partial charge in [-0.3, -0.25) is 4.79 Å². The zero-order valence-corrected chi connectivity index (χ0v) is 26.7. The molecule has 0 radical (unpaired) electrons. The molecule has 0 aliphatic carbocycles. The Morgan fingerprint density at radius 3 is 2.26 bits per heavy atom. The molecule has 0 spiro atoms. The molecule has 2 heterocycles. The van der Waals surface area contributed by atoms with E-state index in [4.69, 9.17) is 23.9 Å². The number of aliphatic carboxylic acids is 1. The Bertz CT molecular complexity index is 1050. The zero-order chi connectivity index (χ0) is 30.8. The number of hydrogen-bond donors (Lipinski definition) is 2. The number of carboxylic acid groups (broad SMARTS) is 1. The lowest BCUT2D eigenvalue weighted by Crippen LogP contribution is -2.14. The van der Waals surface area contributed by atoms with E-state index < -0.39 is 5.97 Å². The Balaban J connectivity index is 1.24. The van der Waals surface area contributed by atoms with Crippen LogP contribution in [0.2, 0.25) is 0 Å². The first kappa shape index (κ1) is 34.8. The fraction of sp³-hybridized carbons (Fsp3) is 0.657.